The lowest BCUT2D eigenvalue weighted by Crippen LogP contribution is -2.35. The Morgan fingerprint density at radius 1 is 1.20 bits per heavy atom. The van der Waals surface area contributed by atoms with Gasteiger partial charge in [-0.2, -0.15) is 5.10 Å². The second-order valence-corrected chi connectivity index (χ2v) is 8.41. The van der Waals surface area contributed by atoms with Gasteiger partial charge in [-0.25, -0.2) is 18.2 Å². The zero-order valence-electron chi connectivity index (χ0n) is 16.3. The summed E-state index contributed by atoms with van der Waals surface area (Å²) in [5.74, 6) is -0.158. The molecule has 3 N–H and O–H groups in total. The topological polar surface area (TPSA) is 137 Å². The minimum absolute atomic E-state index is 0.0404. The third-order valence-corrected chi connectivity index (χ3v) is 5.43. The molecule has 0 aliphatic heterocycles. The number of nitrogens with two attached hydrogens (primary N) is 1. The third kappa shape index (κ3) is 5.43. The Morgan fingerprint density at radius 3 is 2.57 bits per heavy atom. The quantitative estimate of drug-likeness (QED) is 0.550. The van der Waals surface area contributed by atoms with Crippen molar-refractivity contribution in [3.8, 4) is 11.5 Å². The molecular formula is C20H22N4O5S. The van der Waals surface area contributed by atoms with Crippen LogP contribution in [0.4, 0.5) is 0 Å². The highest BCUT2D eigenvalue weighted by Crippen LogP contribution is 2.15. The summed E-state index contributed by atoms with van der Waals surface area (Å²) >= 11 is 0. The molecular weight excluding hydrogens is 408 g/mol. The fraction of sp³-hybridized carbons (Fsp3) is 0.250. The highest BCUT2D eigenvalue weighted by molar-refractivity contribution is 7.89. The van der Waals surface area contributed by atoms with Gasteiger partial charge in [-0.15, -0.1) is 0 Å². The molecule has 10 heteroatoms. The first-order valence-corrected chi connectivity index (χ1v) is 10.8. The van der Waals surface area contributed by atoms with Gasteiger partial charge in [0.2, 0.25) is 15.9 Å². The Balaban J connectivity index is 1.55. The number of sulfonamides is 1. The van der Waals surface area contributed by atoms with E-state index in [1.165, 1.54) is 29.1 Å². The van der Waals surface area contributed by atoms with Crippen molar-refractivity contribution < 1.29 is 17.6 Å². The number of rotatable bonds is 8. The maximum Gasteiger partial charge on any atom is 0.266 e. The van der Waals surface area contributed by atoms with Crippen molar-refractivity contribution in [2.45, 2.75) is 24.8 Å². The van der Waals surface area contributed by atoms with Crippen molar-refractivity contribution >= 4 is 15.9 Å². The molecule has 0 saturated carbocycles. The average molecular weight is 430 g/mol. The summed E-state index contributed by atoms with van der Waals surface area (Å²) in [4.78, 5) is 24.5. The van der Waals surface area contributed by atoms with E-state index in [0.717, 1.165) is 5.56 Å². The molecule has 9 nitrogen and oxygen atoms in total. The largest absolute Gasteiger partial charge is 0.463 e. The Morgan fingerprint density at radius 2 is 1.93 bits per heavy atom. The van der Waals surface area contributed by atoms with E-state index in [4.69, 9.17) is 9.56 Å². The monoisotopic (exact) mass is 430 g/mol. The second-order valence-electron chi connectivity index (χ2n) is 6.85. The number of primary sulfonamides is 1. The number of carbonyl (C=O) groups excluding carboxylic acids is 1. The van der Waals surface area contributed by atoms with Crippen molar-refractivity contribution in [1.82, 2.24) is 15.1 Å². The summed E-state index contributed by atoms with van der Waals surface area (Å²) in [5, 5.41) is 12.1. The van der Waals surface area contributed by atoms with Crippen LogP contribution in [0.5, 0.6) is 0 Å². The Kier molecular flexibility index (Phi) is 6.48. The smallest absolute Gasteiger partial charge is 0.266 e. The molecule has 1 amide bonds. The Hall–Kier alpha value is -3.24. The van der Waals surface area contributed by atoms with Crippen molar-refractivity contribution in [2.24, 2.45) is 11.1 Å². The van der Waals surface area contributed by atoms with E-state index in [0.29, 0.717) is 24.4 Å². The van der Waals surface area contributed by atoms with E-state index in [1.807, 2.05) is 0 Å². The van der Waals surface area contributed by atoms with Gasteiger partial charge in [0, 0.05) is 12.6 Å². The lowest BCUT2D eigenvalue weighted by Gasteiger charge is -2.13. The zero-order chi connectivity index (χ0) is 21.7. The Labute approximate surface area is 173 Å². The van der Waals surface area contributed by atoms with Crippen LogP contribution in [0.3, 0.4) is 0 Å². The van der Waals surface area contributed by atoms with Crippen molar-refractivity contribution in [1.29, 1.82) is 0 Å². The normalized spacial score (nSPS) is 12.5. The number of hydrogen-bond donors (Lipinski definition) is 2. The standard InChI is InChI=1S/C20H22N4O5S/c1-14(13-24-19(25)9-8-17(23-24)18-3-2-12-29-18)20(26)22-11-10-15-4-6-16(7-5-15)30(21,27)28/h2-9,12,14H,10-11,13H2,1H3,(H,22,26)(H2,21,27,28). The minimum Gasteiger partial charge on any atom is -0.463 e. The number of hydrogen-bond acceptors (Lipinski definition) is 6. The van der Waals surface area contributed by atoms with Gasteiger partial charge in [-0.1, -0.05) is 19.1 Å². The van der Waals surface area contributed by atoms with Gasteiger partial charge in [0.1, 0.15) is 5.69 Å². The number of furan rings is 1. The first-order valence-electron chi connectivity index (χ1n) is 9.25. The highest BCUT2D eigenvalue weighted by atomic mass is 32.2. The number of amides is 1. The zero-order valence-corrected chi connectivity index (χ0v) is 17.1. The van der Waals surface area contributed by atoms with Gasteiger partial charge < -0.3 is 9.73 Å². The molecule has 0 bridgehead atoms. The van der Waals surface area contributed by atoms with E-state index in [2.05, 4.69) is 10.4 Å². The number of benzene rings is 1. The van der Waals surface area contributed by atoms with Crippen LogP contribution in [0.2, 0.25) is 0 Å². The van der Waals surface area contributed by atoms with Crippen LogP contribution in [-0.2, 0) is 27.8 Å². The Bertz CT molecular complexity index is 1170. The maximum atomic E-state index is 12.4. The number of nitrogens with zero attached hydrogens (tertiary/aromatic N) is 2. The fourth-order valence-corrected chi connectivity index (χ4v) is 3.34. The van der Waals surface area contributed by atoms with Crippen LogP contribution in [0, 0.1) is 5.92 Å². The molecule has 0 aliphatic carbocycles. The van der Waals surface area contributed by atoms with Crippen LogP contribution in [0.15, 0.2) is 68.9 Å². The lowest BCUT2D eigenvalue weighted by atomic mass is 10.1. The molecule has 0 spiro atoms. The predicted octanol–water partition coefficient (Wildman–Crippen LogP) is 1.15. The lowest BCUT2D eigenvalue weighted by molar-refractivity contribution is -0.124. The number of carbonyl (C=O) groups is 1. The minimum atomic E-state index is -3.73. The summed E-state index contributed by atoms with van der Waals surface area (Å²) in [5.41, 5.74) is 1.06. The van der Waals surface area contributed by atoms with Crippen LogP contribution in [0.1, 0.15) is 12.5 Å². The molecule has 0 radical (unpaired) electrons. The molecule has 0 aliphatic rings. The average Bonchev–Trinajstić information content (AvgIpc) is 3.24. The van der Waals surface area contributed by atoms with Crippen molar-refractivity contribution in [3.63, 3.8) is 0 Å². The molecule has 2 heterocycles. The second kappa shape index (κ2) is 9.06. The van der Waals surface area contributed by atoms with Gasteiger partial charge in [-0.05, 0) is 42.3 Å². The van der Waals surface area contributed by atoms with Gasteiger partial charge in [0.05, 0.1) is 23.6 Å². The predicted molar refractivity (Wildman–Crippen MR) is 110 cm³/mol. The number of nitrogens with one attached hydrogen (secondary N) is 1. The summed E-state index contributed by atoms with van der Waals surface area (Å²) in [6.07, 6.45) is 2.04. The highest BCUT2D eigenvalue weighted by Gasteiger charge is 2.15. The van der Waals surface area contributed by atoms with E-state index in [1.54, 1.807) is 37.3 Å². The molecule has 0 saturated heterocycles. The van der Waals surface area contributed by atoms with E-state index in [-0.39, 0.29) is 22.9 Å². The van der Waals surface area contributed by atoms with Gasteiger partial charge in [0.25, 0.3) is 5.56 Å². The molecule has 1 unspecified atom stereocenters. The molecule has 3 aromatic rings. The molecule has 1 aromatic carbocycles. The summed E-state index contributed by atoms with van der Waals surface area (Å²) < 4.78 is 29.1. The molecule has 1 atom stereocenters. The summed E-state index contributed by atoms with van der Waals surface area (Å²) in [6, 6.07) is 12.6. The van der Waals surface area contributed by atoms with E-state index < -0.39 is 15.9 Å². The van der Waals surface area contributed by atoms with Crippen LogP contribution in [0.25, 0.3) is 11.5 Å². The van der Waals surface area contributed by atoms with E-state index in [9.17, 15) is 18.0 Å². The molecule has 3 rings (SSSR count). The van der Waals surface area contributed by atoms with Gasteiger partial charge in [-0.3, -0.25) is 9.59 Å². The van der Waals surface area contributed by atoms with Crippen LogP contribution in [-0.4, -0.2) is 30.7 Å². The van der Waals surface area contributed by atoms with Crippen molar-refractivity contribution in [3.05, 3.63) is 70.7 Å². The summed E-state index contributed by atoms with van der Waals surface area (Å²) in [6.45, 7) is 2.21. The van der Waals surface area contributed by atoms with Crippen molar-refractivity contribution in [2.75, 3.05) is 6.54 Å². The van der Waals surface area contributed by atoms with E-state index >= 15 is 0 Å². The SMILES string of the molecule is CC(Cn1nc(-c2ccco2)ccc1=O)C(=O)NCCc1ccc(S(N)(=O)=O)cc1. The molecule has 30 heavy (non-hydrogen) atoms. The van der Waals surface area contributed by atoms with Crippen LogP contribution >= 0.6 is 0 Å². The molecule has 0 fully saturated rings. The fourth-order valence-electron chi connectivity index (χ4n) is 2.83. The van der Waals surface area contributed by atoms with Gasteiger partial charge >= 0.3 is 0 Å². The van der Waals surface area contributed by atoms with Crippen LogP contribution < -0.4 is 16.0 Å². The maximum absolute atomic E-state index is 12.4. The third-order valence-electron chi connectivity index (χ3n) is 4.50. The first kappa shape index (κ1) is 21.5. The first-order chi connectivity index (χ1) is 14.2. The molecule has 2 aromatic heterocycles. The van der Waals surface area contributed by atoms with Gasteiger partial charge in [0.15, 0.2) is 5.76 Å². The summed E-state index contributed by atoms with van der Waals surface area (Å²) in [7, 11) is -3.73. The number of aromatic nitrogens is 2. The molecule has 158 valence electrons.